The molecule has 4 heteroatoms. The maximum Gasteiger partial charge on any atom is 0.161 e. The van der Waals surface area contributed by atoms with Crippen molar-refractivity contribution in [3.05, 3.63) is 23.8 Å². The van der Waals surface area contributed by atoms with E-state index in [0.29, 0.717) is 17.2 Å². The third-order valence-electron chi connectivity index (χ3n) is 3.69. The molecule has 3 N–H and O–H groups in total. The third-order valence-corrected chi connectivity index (χ3v) is 3.69. The van der Waals surface area contributed by atoms with Gasteiger partial charge in [-0.1, -0.05) is 0 Å². The molecule has 1 aromatic rings. The van der Waals surface area contributed by atoms with E-state index >= 15 is 0 Å². The van der Waals surface area contributed by atoms with Gasteiger partial charge in [0.05, 0.1) is 6.10 Å². The predicted molar refractivity (Wildman–Crippen MR) is 72.9 cm³/mol. The zero-order valence-corrected chi connectivity index (χ0v) is 10.9. The smallest absolute Gasteiger partial charge is 0.161 e. The van der Waals surface area contributed by atoms with E-state index in [-0.39, 0.29) is 11.9 Å². The molecule has 18 heavy (non-hydrogen) atoms. The first kappa shape index (κ1) is 12.9. The Bertz CT molecular complexity index is 457. The molecule has 2 unspecified atom stereocenters. The average molecular weight is 248 g/mol. The van der Waals surface area contributed by atoms with Crippen LogP contribution >= 0.6 is 0 Å². The first-order chi connectivity index (χ1) is 8.49. The molecule has 1 aliphatic heterocycles. The van der Waals surface area contributed by atoms with Gasteiger partial charge in [-0.15, -0.1) is 0 Å². The molecule has 0 amide bonds. The van der Waals surface area contributed by atoms with Gasteiger partial charge in [-0.25, -0.2) is 0 Å². The first-order valence-corrected chi connectivity index (χ1v) is 6.32. The SMILES string of the molecule is CC(=O)c1ccc(N2CCC(C(C)O)C2)cc1N. The van der Waals surface area contributed by atoms with Crippen LogP contribution in [0.15, 0.2) is 18.2 Å². The molecule has 1 heterocycles. The van der Waals surface area contributed by atoms with Crippen LogP contribution in [0.4, 0.5) is 11.4 Å². The number of aliphatic hydroxyl groups excluding tert-OH is 1. The van der Waals surface area contributed by atoms with Crippen LogP contribution in [0.5, 0.6) is 0 Å². The topological polar surface area (TPSA) is 66.6 Å². The summed E-state index contributed by atoms with van der Waals surface area (Å²) in [5.74, 6) is 0.307. The molecule has 2 rings (SSSR count). The van der Waals surface area contributed by atoms with Crippen LogP contribution in [-0.4, -0.2) is 30.1 Å². The summed E-state index contributed by atoms with van der Waals surface area (Å²) in [6, 6.07) is 5.56. The molecule has 0 saturated carbocycles. The molecule has 98 valence electrons. The standard InChI is InChI=1S/C14H20N2O2/c1-9(17)11-5-6-16(8-11)12-3-4-13(10(2)18)14(15)7-12/h3-4,7,9,11,17H,5-6,8,15H2,1-2H3. The summed E-state index contributed by atoms with van der Waals surface area (Å²) in [4.78, 5) is 13.5. The number of benzene rings is 1. The van der Waals surface area contributed by atoms with Crippen LogP contribution in [0.1, 0.15) is 30.6 Å². The van der Waals surface area contributed by atoms with E-state index in [4.69, 9.17) is 5.73 Å². The monoisotopic (exact) mass is 248 g/mol. The van der Waals surface area contributed by atoms with Crippen molar-refractivity contribution in [1.82, 2.24) is 0 Å². The van der Waals surface area contributed by atoms with Gasteiger partial charge in [0.25, 0.3) is 0 Å². The fraction of sp³-hybridized carbons (Fsp3) is 0.500. The van der Waals surface area contributed by atoms with Gasteiger partial charge < -0.3 is 15.7 Å². The fourth-order valence-corrected chi connectivity index (χ4v) is 2.48. The summed E-state index contributed by atoms with van der Waals surface area (Å²) in [7, 11) is 0. The van der Waals surface area contributed by atoms with Gasteiger partial charge >= 0.3 is 0 Å². The molecule has 1 saturated heterocycles. The van der Waals surface area contributed by atoms with Gasteiger partial charge in [0.15, 0.2) is 5.78 Å². The van der Waals surface area contributed by atoms with Crippen LogP contribution in [0.2, 0.25) is 0 Å². The van der Waals surface area contributed by atoms with Crippen molar-refractivity contribution >= 4 is 17.2 Å². The zero-order chi connectivity index (χ0) is 13.3. The number of carbonyl (C=O) groups is 1. The second-order valence-electron chi connectivity index (χ2n) is 5.06. The lowest BCUT2D eigenvalue weighted by Crippen LogP contribution is -2.24. The highest BCUT2D eigenvalue weighted by atomic mass is 16.3. The largest absolute Gasteiger partial charge is 0.398 e. The van der Waals surface area contributed by atoms with Crippen molar-refractivity contribution in [2.24, 2.45) is 5.92 Å². The van der Waals surface area contributed by atoms with Crippen molar-refractivity contribution in [1.29, 1.82) is 0 Å². The molecule has 1 fully saturated rings. The maximum absolute atomic E-state index is 11.3. The lowest BCUT2D eigenvalue weighted by molar-refractivity contribution is 0.101. The van der Waals surface area contributed by atoms with Gasteiger partial charge in [-0.05, 0) is 38.5 Å². The molecule has 0 aliphatic carbocycles. The summed E-state index contributed by atoms with van der Waals surface area (Å²) in [6.45, 7) is 5.12. The number of ketones is 1. The maximum atomic E-state index is 11.3. The highest BCUT2D eigenvalue weighted by Gasteiger charge is 2.26. The molecule has 1 aliphatic rings. The average Bonchev–Trinajstić information content (AvgIpc) is 2.77. The number of nitrogens with two attached hydrogens (primary N) is 1. The van der Waals surface area contributed by atoms with Crippen LogP contribution in [0, 0.1) is 5.92 Å². The summed E-state index contributed by atoms with van der Waals surface area (Å²) in [6.07, 6.45) is 0.718. The summed E-state index contributed by atoms with van der Waals surface area (Å²) in [5, 5.41) is 9.59. The number of rotatable bonds is 3. The van der Waals surface area contributed by atoms with Crippen molar-refractivity contribution in [3.8, 4) is 0 Å². The highest BCUT2D eigenvalue weighted by molar-refractivity contribution is 5.99. The second kappa shape index (κ2) is 4.98. The van der Waals surface area contributed by atoms with Crippen molar-refractivity contribution in [3.63, 3.8) is 0 Å². The number of carbonyl (C=O) groups excluding carboxylic acids is 1. The second-order valence-corrected chi connectivity index (χ2v) is 5.06. The summed E-state index contributed by atoms with van der Waals surface area (Å²) < 4.78 is 0. The summed E-state index contributed by atoms with van der Waals surface area (Å²) in [5.41, 5.74) is 8.02. The van der Waals surface area contributed by atoms with Crippen LogP contribution in [-0.2, 0) is 0 Å². The lowest BCUT2D eigenvalue weighted by atomic mass is 10.0. The van der Waals surface area contributed by atoms with E-state index < -0.39 is 0 Å². The Kier molecular flexibility index (Phi) is 3.57. The number of Topliss-reactive ketones (excluding diaryl/α,β-unsaturated/α-hetero) is 1. The summed E-state index contributed by atoms with van der Waals surface area (Å²) >= 11 is 0. The van der Waals surface area contributed by atoms with Gasteiger partial charge in [0.1, 0.15) is 0 Å². The van der Waals surface area contributed by atoms with E-state index in [1.54, 1.807) is 6.07 Å². The minimum absolute atomic E-state index is 0.0117. The van der Waals surface area contributed by atoms with Gasteiger partial charge in [0, 0.05) is 35.9 Å². The van der Waals surface area contributed by atoms with E-state index in [9.17, 15) is 9.90 Å². The normalized spacial score (nSPS) is 21.1. The minimum atomic E-state index is -0.274. The molecule has 0 aromatic heterocycles. The van der Waals surface area contributed by atoms with Crippen molar-refractivity contribution < 1.29 is 9.90 Å². The van der Waals surface area contributed by atoms with E-state index in [2.05, 4.69) is 4.90 Å². The Morgan fingerprint density at radius 1 is 1.56 bits per heavy atom. The molecule has 1 aromatic carbocycles. The van der Waals surface area contributed by atoms with Crippen LogP contribution < -0.4 is 10.6 Å². The molecule has 4 nitrogen and oxygen atoms in total. The number of nitrogens with zero attached hydrogens (tertiary/aromatic N) is 1. The molecule has 0 bridgehead atoms. The minimum Gasteiger partial charge on any atom is -0.398 e. The molecule has 0 radical (unpaired) electrons. The fourth-order valence-electron chi connectivity index (χ4n) is 2.48. The van der Waals surface area contributed by atoms with E-state index in [1.165, 1.54) is 6.92 Å². The number of hydrogen-bond donors (Lipinski definition) is 2. The van der Waals surface area contributed by atoms with E-state index in [0.717, 1.165) is 25.2 Å². The quantitative estimate of drug-likeness (QED) is 0.631. The van der Waals surface area contributed by atoms with Crippen LogP contribution in [0.3, 0.4) is 0 Å². The Hall–Kier alpha value is -1.55. The van der Waals surface area contributed by atoms with Crippen LogP contribution in [0.25, 0.3) is 0 Å². The first-order valence-electron chi connectivity index (χ1n) is 6.32. The Morgan fingerprint density at radius 3 is 2.78 bits per heavy atom. The van der Waals surface area contributed by atoms with Crippen molar-refractivity contribution in [2.45, 2.75) is 26.4 Å². The Labute approximate surface area is 107 Å². The zero-order valence-electron chi connectivity index (χ0n) is 10.9. The van der Waals surface area contributed by atoms with Crippen molar-refractivity contribution in [2.75, 3.05) is 23.7 Å². The number of aliphatic hydroxyl groups is 1. The Morgan fingerprint density at radius 2 is 2.28 bits per heavy atom. The third kappa shape index (κ3) is 2.48. The number of nitrogen functional groups attached to an aromatic ring is 1. The highest BCUT2D eigenvalue weighted by Crippen LogP contribution is 2.28. The molecular weight excluding hydrogens is 228 g/mol. The van der Waals surface area contributed by atoms with Gasteiger partial charge in [-0.3, -0.25) is 4.79 Å². The molecule has 2 atom stereocenters. The van der Waals surface area contributed by atoms with E-state index in [1.807, 2.05) is 19.1 Å². The van der Waals surface area contributed by atoms with Gasteiger partial charge in [0.2, 0.25) is 0 Å². The predicted octanol–water partition coefficient (Wildman–Crippen LogP) is 1.68. The number of hydrogen-bond acceptors (Lipinski definition) is 4. The number of anilines is 2. The molecular formula is C14H20N2O2. The lowest BCUT2D eigenvalue weighted by Gasteiger charge is -2.20. The Balaban J connectivity index is 2.16. The van der Waals surface area contributed by atoms with Gasteiger partial charge in [-0.2, -0.15) is 0 Å². The molecule has 0 spiro atoms.